The fourth-order valence-electron chi connectivity index (χ4n) is 2.46. The van der Waals surface area contributed by atoms with Gasteiger partial charge in [-0.25, -0.2) is 0 Å². The third kappa shape index (κ3) is 4.04. The second-order valence-electron chi connectivity index (χ2n) is 5.02. The van der Waals surface area contributed by atoms with Gasteiger partial charge in [0.15, 0.2) is 6.29 Å². The smallest absolute Gasteiger partial charge is 0.153 e. The number of para-hydroxylation sites is 1. The summed E-state index contributed by atoms with van der Waals surface area (Å²) < 4.78 is 11.4. The van der Waals surface area contributed by atoms with Gasteiger partial charge in [-0.15, -0.1) is 0 Å². The van der Waals surface area contributed by atoms with Crippen molar-refractivity contribution in [2.45, 2.75) is 26.1 Å². The summed E-state index contributed by atoms with van der Waals surface area (Å²) in [6.45, 7) is 7.48. The number of benzene rings is 1. The first-order valence-corrected chi connectivity index (χ1v) is 6.74. The summed E-state index contributed by atoms with van der Waals surface area (Å²) in [6.07, 6.45) is 1.37. The van der Waals surface area contributed by atoms with Crippen molar-refractivity contribution in [1.82, 2.24) is 4.90 Å². The molecule has 1 heterocycles. The summed E-state index contributed by atoms with van der Waals surface area (Å²) in [6, 6.07) is 7.30. The molecule has 0 aromatic heterocycles. The van der Waals surface area contributed by atoms with Crippen LogP contribution in [0.4, 0.5) is 0 Å². The summed E-state index contributed by atoms with van der Waals surface area (Å²) in [5, 5.41) is 0. The molecule has 0 unspecified atom stereocenters. The van der Waals surface area contributed by atoms with Crippen molar-refractivity contribution in [1.29, 1.82) is 0 Å². The van der Waals surface area contributed by atoms with E-state index in [9.17, 15) is 4.79 Å². The van der Waals surface area contributed by atoms with Crippen molar-refractivity contribution in [3.63, 3.8) is 0 Å². The average Bonchev–Trinajstić information content (AvgIpc) is 2.38. The van der Waals surface area contributed by atoms with Crippen LogP contribution in [-0.2, 0) is 4.74 Å². The van der Waals surface area contributed by atoms with E-state index < -0.39 is 0 Å². The number of ether oxygens (including phenoxy) is 2. The van der Waals surface area contributed by atoms with Gasteiger partial charge in [0.2, 0.25) is 0 Å². The van der Waals surface area contributed by atoms with Gasteiger partial charge in [-0.2, -0.15) is 0 Å². The van der Waals surface area contributed by atoms with E-state index in [-0.39, 0.29) is 12.2 Å². The summed E-state index contributed by atoms with van der Waals surface area (Å²) in [4.78, 5) is 13.2. The molecule has 1 aromatic carbocycles. The molecule has 1 aliphatic rings. The molecule has 1 saturated heterocycles. The molecule has 0 aliphatic carbocycles. The molecule has 4 heteroatoms. The van der Waals surface area contributed by atoms with Crippen molar-refractivity contribution < 1.29 is 14.3 Å². The molecule has 1 fully saturated rings. The lowest BCUT2D eigenvalue weighted by molar-refractivity contribution is -0.0699. The van der Waals surface area contributed by atoms with E-state index in [2.05, 4.69) is 18.7 Å². The van der Waals surface area contributed by atoms with Gasteiger partial charge < -0.3 is 9.47 Å². The Morgan fingerprint density at radius 3 is 2.68 bits per heavy atom. The van der Waals surface area contributed by atoms with Gasteiger partial charge in [0.25, 0.3) is 0 Å². The first kappa shape index (κ1) is 14.0. The molecule has 0 amide bonds. The van der Waals surface area contributed by atoms with E-state index >= 15 is 0 Å². The number of carbonyl (C=O) groups excluding carboxylic acids is 1. The molecule has 4 nitrogen and oxygen atoms in total. The largest absolute Gasteiger partial charge is 0.492 e. The minimum atomic E-state index is 0.269. The predicted octanol–water partition coefficient (Wildman–Crippen LogP) is 1.99. The molecule has 104 valence electrons. The SMILES string of the molecule is C[C@@H]1CN(CCOc2ccccc2C=O)C[C@H](C)O1. The van der Waals surface area contributed by atoms with Crippen LogP contribution in [0.2, 0.25) is 0 Å². The Balaban J connectivity index is 1.81. The number of carbonyl (C=O) groups is 1. The third-order valence-electron chi connectivity index (χ3n) is 3.21. The lowest BCUT2D eigenvalue weighted by Crippen LogP contribution is -2.46. The van der Waals surface area contributed by atoms with Crippen molar-refractivity contribution in [3.05, 3.63) is 29.8 Å². The maximum atomic E-state index is 10.9. The predicted molar refractivity (Wildman–Crippen MR) is 73.8 cm³/mol. The van der Waals surface area contributed by atoms with Gasteiger partial charge in [0.05, 0.1) is 17.8 Å². The zero-order chi connectivity index (χ0) is 13.7. The molecular formula is C15H21NO3. The first-order valence-electron chi connectivity index (χ1n) is 6.74. The van der Waals surface area contributed by atoms with E-state index in [0.717, 1.165) is 25.9 Å². The van der Waals surface area contributed by atoms with Crippen LogP contribution >= 0.6 is 0 Å². The molecule has 0 spiro atoms. The molecule has 19 heavy (non-hydrogen) atoms. The van der Waals surface area contributed by atoms with Crippen LogP contribution in [0, 0.1) is 0 Å². The Kier molecular flexibility index (Phi) is 4.93. The van der Waals surface area contributed by atoms with Crippen LogP contribution in [0.15, 0.2) is 24.3 Å². The van der Waals surface area contributed by atoms with Crippen LogP contribution in [0.5, 0.6) is 5.75 Å². The second-order valence-corrected chi connectivity index (χ2v) is 5.02. The summed E-state index contributed by atoms with van der Waals surface area (Å²) in [5.41, 5.74) is 0.603. The van der Waals surface area contributed by atoms with E-state index in [4.69, 9.17) is 9.47 Å². The van der Waals surface area contributed by atoms with Crippen LogP contribution in [-0.4, -0.2) is 49.6 Å². The number of aldehydes is 1. The highest BCUT2D eigenvalue weighted by Gasteiger charge is 2.21. The van der Waals surface area contributed by atoms with Crippen molar-refractivity contribution in [3.8, 4) is 5.75 Å². The van der Waals surface area contributed by atoms with Crippen molar-refractivity contribution >= 4 is 6.29 Å². The highest BCUT2D eigenvalue weighted by molar-refractivity contribution is 5.79. The molecule has 0 saturated carbocycles. The van der Waals surface area contributed by atoms with Crippen LogP contribution in [0.3, 0.4) is 0 Å². The van der Waals surface area contributed by atoms with Crippen LogP contribution in [0.25, 0.3) is 0 Å². The maximum Gasteiger partial charge on any atom is 0.153 e. The number of hydrogen-bond acceptors (Lipinski definition) is 4. The monoisotopic (exact) mass is 263 g/mol. The van der Waals surface area contributed by atoms with E-state index in [1.165, 1.54) is 0 Å². The van der Waals surface area contributed by atoms with Crippen LogP contribution in [0.1, 0.15) is 24.2 Å². The highest BCUT2D eigenvalue weighted by atomic mass is 16.5. The molecule has 0 N–H and O–H groups in total. The molecule has 0 radical (unpaired) electrons. The molecule has 1 aliphatic heterocycles. The van der Waals surface area contributed by atoms with E-state index in [0.29, 0.717) is 17.9 Å². The molecule has 1 aromatic rings. The Morgan fingerprint density at radius 2 is 2.00 bits per heavy atom. The molecule has 0 bridgehead atoms. The third-order valence-corrected chi connectivity index (χ3v) is 3.21. The zero-order valence-corrected chi connectivity index (χ0v) is 11.5. The number of rotatable bonds is 5. The Labute approximate surface area is 114 Å². The summed E-state index contributed by atoms with van der Waals surface area (Å²) in [7, 11) is 0. The second kappa shape index (κ2) is 6.68. The van der Waals surface area contributed by atoms with Crippen LogP contribution < -0.4 is 4.74 Å². The number of hydrogen-bond donors (Lipinski definition) is 0. The fraction of sp³-hybridized carbons (Fsp3) is 0.533. The summed E-state index contributed by atoms with van der Waals surface area (Å²) >= 11 is 0. The summed E-state index contributed by atoms with van der Waals surface area (Å²) in [5.74, 6) is 0.659. The Hall–Kier alpha value is -1.39. The minimum absolute atomic E-state index is 0.269. The molecule has 2 atom stereocenters. The standard InChI is InChI=1S/C15H21NO3/c1-12-9-16(10-13(2)19-12)7-8-18-15-6-4-3-5-14(15)11-17/h3-6,11-13H,7-10H2,1-2H3/t12-,13+. The van der Waals surface area contributed by atoms with Crippen molar-refractivity contribution in [2.75, 3.05) is 26.2 Å². The van der Waals surface area contributed by atoms with Gasteiger partial charge in [-0.1, -0.05) is 12.1 Å². The van der Waals surface area contributed by atoms with E-state index in [1.807, 2.05) is 18.2 Å². The highest BCUT2D eigenvalue weighted by Crippen LogP contribution is 2.16. The first-order chi connectivity index (χ1) is 9.19. The van der Waals surface area contributed by atoms with Gasteiger partial charge in [-0.3, -0.25) is 9.69 Å². The topological polar surface area (TPSA) is 38.8 Å². The zero-order valence-electron chi connectivity index (χ0n) is 11.5. The van der Waals surface area contributed by atoms with E-state index in [1.54, 1.807) is 6.07 Å². The Bertz CT molecular complexity index is 412. The quantitative estimate of drug-likeness (QED) is 0.762. The lowest BCUT2D eigenvalue weighted by Gasteiger charge is -2.35. The number of morpholine rings is 1. The fourth-order valence-corrected chi connectivity index (χ4v) is 2.46. The lowest BCUT2D eigenvalue weighted by atomic mass is 10.2. The molecular weight excluding hydrogens is 242 g/mol. The average molecular weight is 263 g/mol. The van der Waals surface area contributed by atoms with Gasteiger partial charge in [0.1, 0.15) is 12.4 Å². The van der Waals surface area contributed by atoms with Gasteiger partial charge >= 0.3 is 0 Å². The molecule has 2 rings (SSSR count). The maximum absolute atomic E-state index is 10.9. The normalized spacial score (nSPS) is 24.1. The number of nitrogens with zero attached hydrogens (tertiary/aromatic N) is 1. The van der Waals surface area contributed by atoms with Gasteiger partial charge in [0, 0.05) is 19.6 Å². The minimum Gasteiger partial charge on any atom is -0.492 e. The Morgan fingerprint density at radius 1 is 1.32 bits per heavy atom. The van der Waals surface area contributed by atoms with Crippen molar-refractivity contribution in [2.24, 2.45) is 0 Å². The van der Waals surface area contributed by atoms with Gasteiger partial charge in [-0.05, 0) is 26.0 Å².